The van der Waals surface area contributed by atoms with Crippen LogP contribution in [0.15, 0.2) is 11.0 Å². The maximum atomic E-state index is 12.4. The van der Waals surface area contributed by atoms with Gasteiger partial charge in [-0.15, -0.1) is 0 Å². The van der Waals surface area contributed by atoms with Crippen molar-refractivity contribution >= 4 is 10.0 Å². The topological polar surface area (TPSA) is 46.2 Å². The van der Waals surface area contributed by atoms with Gasteiger partial charge in [0.1, 0.15) is 0 Å². The Hall–Kier alpha value is -0.870. The van der Waals surface area contributed by atoms with Crippen LogP contribution in [0.2, 0.25) is 0 Å². The number of rotatable bonds is 5. The summed E-state index contributed by atoms with van der Waals surface area (Å²) in [7, 11) is -3.41. The number of benzene rings is 1. The van der Waals surface area contributed by atoms with E-state index in [0.717, 1.165) is 28.7 Å². The van der Waals surface area contributed by atoms with E-state index >= 15 is 0 Å². The molecule has 1 aromatic carbocycles. The third-order valence-electron chi connectivity index (χ3n) is 3.58. The molecule has 0 aliphatic carbocycles. The van der Waals surface area contributed by atoms with Gasteiger partial charge in [-0.3, -0.25) is 0 Å². The summed E-state index contributed by atoms with van der Waals surface area (Å²) in [5.74, 6) is 0.490. The normalized spacial score (nSPS) is 12.2. The van der Waals surface area contributed by atoms with E-state index < -0.39 is 10.0 Å². The molecule has 0 saturated heterocycles. The van der Waals surface area contributed by atoms with Crippen LogP contribution in [-0.4, -0.2) is 15.0 Å². The molecule has 4 heteroatoms. The van der Waals surface area contributed by atoms with Crippen LogP contribution in [0, 0.1) is 33.6 Å². The van der Waals surface area contributed by atoms with Crippen LogP contribution in [0.4, 0.5) is 0 Å². The van der Waals surface area contributed by atoms with Crippen molar-refractivity contribution in [2.45, 2.75) is 52.9 Å². The van der Waals surface area contributed by atoms with Crippen molar-refractivity contribution in [1.82, 2.24) is 4.72 Å². The van der Waals surface area contributed by atoms with Gasteiger partial charge >= 0.3 is 0 Å². The Bertz CT molecular complexity index is 534. The molecule has 19 heavy (non-hydrogen) atoms. The maximum absolute atomic E-state index is 12.4. The Morgan fingerprint density at radius 3 is 1.95 bits per heavy atom. The highest BCUT2D eigenvalue weighted by Gasteiger charge is 2.21. The van der Waals surface area contributed by atoms with E-state index in [1.165, 1.54) is 0 Å². The van der Waals surface area contributed by atoms with E-state index in [2.05, 4.69) is 18.6 Å². The second kappa shape index (κ2) is 6.06. The first-order chi connectivity index (χ1) is 8.66. The first-order valence-electron chi connectivity index (χ1n) is 6.74. The fourth-order valence-electron chi connectivity index (χ4n) is 2.14. The molecule has 0 bridgehead atoms. The maximum Gasteiger partial charge on any atom is 0.241 e. The minimum atomic E-state index is -3.41. The molecule has 0 atom stereocenters. The monoisotopic (exact) mass is 283 g/mol. The Morgan fingerprint density at radius 1 is 1.05 bits per heavy atom. The van der Waals surface area contributed by atoms with Crippen molar-refractivity contribution in [3.63, 3.8) is 0 Å². The molecule has 0 aliphatic rings. The molecule has 0 aliphatic heterocycles. The van der Waals surface area contributed by atoms with Crippen LogP contribution >= 0.6 is 0 Å². The highest BCUT2D eigenvalue weighted by molar-refractivity contribution is 7.89. The fourth-order valence-corrected chi connectivity index (χ4v) is 3.80. The minimum Gasteiger partial charge on any atom is -0.211 e. The average molecular weight is 283 g/mol. The highest BCUT2D eigenvalue weighted by Crippen LogP contribution is 2.25. The SMILES string of the molecule is Cc1cc(C)c(C)c(S(=O)(=O)NCCC(C)C)c1C. The van der Waals surface area contributed by atoms with Gasteiger partial charge in [0.2, 0.25) is 10.0 Å². The molecular weight excluding hydrogens is 258 g/mol. The quantitative estimate of drug-likeness (QED) is 0.901. The molecule has 0 radical (unpaired) electrons. The Morgan fingerprint density at radius 2 is 1.53 bits per heavy atom. The van der Waals surface area contributed by atoms with Gasteiger partial charge in [0, 0.05) is 6.54 Å². The summed E-state index contributed by atoms with van der Waals surface area (Å²) in [6.07, 6.45) is 0.849. The standard InChI is InChI=1S/C15H25NO2S/c1-10(2)7-8-16-19(17,18)15-13(5)11(3)9-12(4)14(15)6/h9-10,16H,7-8H2,1-6H3. The molecule has 1 aromatic rings. The lowest BCUT2D eigenvalue weighted by atomic mass is 10.0. The van der Waals surface area contributed by atoms with E-state index in [0.29, 0.717) is 17.4 Å². The molecule has 0 spiro atoms. The van der Waals surface area contributed by atoms with Crippen LogP contribution in [0.1, 0.15) is 42.5 Å². The van der Waals surface area contributed by atoms with Crippen LogP contribution in [0.5, 0.6) is 0 Å². The zero-order valence-corrected chi connectivity index (χ0v) is 13.6. The number of aryl methyl sites for hydroxylation is 2. The molecule has 0 unspecified atom stereocenters. The van der Waals surface area contributed by atoms with Crippen LogP contribution in [0.25, 0.3) is 0 Å². The summed E-state index contributed by atoms with van der Waals surface area (Å²) in [5.41, 5.74) is 3.74. The number of sulfonamides is 1. The van der Waals surface area contributed by atoms with Crippen molar-refractivity contribution in [2.75, 3.05) is 6.54 Å². The van der Waals surface area contributed by atoms with Gasteiger partial charge in [-0.25, -0.2) is 13.1 Å². The Labute approximate surface area is 117 Å². The van der Waals surface area contributed by atoms with Gasteiger partial charge in [0.15, 0.2) is 0 Å². The molecule has 0 aromatic heterocycles. The molecule has 1 N–H and O–H groups in total. The number of nitrogens with one attached hydrogen (secondary N) is 1. The van der Waals surface area contributed by atoms with Gasteiger partial charge in [-0.1, -0.05) is 19.9 Å². The zero-order chi connectivity index (χ0) is 14.8. The van der Waals surface area contributed by atoms with Gasteiger partial charge in [0.25, 0.3) is 0 Å². The summed E-state index contributed by atoms with van der Waals surface area (Å²) in [5, 5.41) is 0. The van der Waals surface area contributed by atoms with Crippen molar-refractivity contribution in [3.05, 3.63) is 28.3 Å². The van der Waals surface area contributed by atoms with E-state index in [1.54, 1.807) is 0 Å². The second-order valence-corrected chi connectivity index (χ2v) is 7.37. The van der Waals surface area contributed by atoms with Crippen molar-refractivity contribution < 1.29 is 8.42 Å². The summed E-state index contributed by atoms with van der Waals surface area (Å²) < 4.78 is 27.6. The average Bonchev–Trinajstić information content (AvgIpc) is 2.25. The summed E-state index contributed by atoms with van der Waals surface area (Å²) in [6, 6.07) is 2.04. The van der Waals surface area contributed by atoms with E-state index in [4.69, 9.17) is 0 Å². The van der Waals surface area contributed by atoms with Crippen molar-refractivity contribution in [1.29, 1.82) is 0 Å². The molecule has 3 nitrogen and oxygen atoms in total. The molecule has 1 rings (SSSR count). The lowest BCUT2D eigenvalue weighted by Crippen LogP contribution is -2.27. The Balaban J connectivity index is 3.15. The molecule has 0 saturated carbocycles. The van der Waals surface area contributed by atoms with Crippen LogP contribution in [-0.2, 0) is 10.0 Å². The van der Waals surface area contributed by atoms with E-state index in [-0.39, 0.29) is 0 Å². The third kappa shape index (κ3) is 3.80. The second-order valence-electron chi connectivity index (χ2n) is 5.67. The molecule has 0 fully saturated rings. The van der Waals surface area contributed by atoms with Gasteiger partial charge in [-0.05, 0) is 62.3 Å². The predicted octanol–water partition coefficient (Wildman–Crippen LogP) is 3.24. The molecule has 0 heterocycles. The van der Waals surface area contributed by atoms with Gasteiger partial charge in [0.05, 0.1) is 4.90 Å². The summed E-state index contributed by atoms with van der Waals surface area (Å²) >= 11 is 0. The predicted molar refractivity (Wildman–Crippen MR) is 80.0 cm³/mol. The first kappa shape index (κ1) is 16.2. The van der Waals surface area contributed by atoms with Gasteiger partial charge in [-0.2, -0.15) is 0 Å². The molecular formula is C15H25NO2S. The van der Waals surface area contributed by atoms with Crippen LogP contribution in [0.3, 0.4) is 0 Å². The molecule has 108 valence electrons. The third-order valence-corrected chi connectivity index (χ3v) is 5.31. The smallest absolute Gasteiger partial charge is 0.211 e. The number of hydrogen-bond acceptors (Lipinski definition) is 2. The molecule has 0 amide bonds. The first-order valence-corrected chi connectivity index (χ1v) is 8.22. The summed E-state index contributed by atoms with van der Waals surface area (Å²) in [4.78, 5) is 0.453. The summed E-state index contributed by atoms with van der Waals surface area (Å²) in [6.45, 7) is 12.3. The van der Waals surface area contributed by atoms with E-state index in [9.17, 15) is 8.42 Å². The highest BCUT2D eigenvalue weighted by atomic mass is 32.2. The Kier molecular flexibility index (Phi) is 5.16. The minimum absolute atomic E-state index is 0.453. The largest absolute Gasteiger partial charge is 0.241 e. The van der Waals surface area contributed by atoms with Crippen molar-refractivity contribution in [3.8, 4) is 0 Å². The zero-order valence-electron chi connectivity index (χ0n) is 12.8. The lowest BCUT2D eigenvalue weighted by molar-refractivity contribution is 0.550. The van der Waals surface area contributed by atoms with Crippen LogP contribution < -0.4 is 4.72 Å². The van der Waals surface area contributed by atoms with Gasteiger partial charge < -0.3 is 0 Å². The van der Waals surface area contributed by atoms with Crippen molar-refractivity contribution in [2.24, 2.45) is 5.92 Å². The number of hydrogen-bond donors (Lipinski definition) is 1. The lowest BCUT2D eigenvalue weighted by Gasteiger charge is -2.16. The fraction of sp³-hybridized carbons (Fsp3) is 0.600. The van der Waals surface area contributed by atoms with E-state index in [1.807, 2.05) is 33.8 Å².